The summed E-state index contributed by atoms with van der Waals surface area (Å²) in [6, 6.07) is 11.1. The molecular weight excluding hydrogens is 360 g/mol. The number of amides is 1. The minimum Gasteiger partial charge on any atom is -0.493 e. The van der Waals surface area contributed by atoms with Gasteiger partial charge >= 0.3 is 0 Å². The van der Waals surface area contributed by atoms with E-state index < -0.39 is 0 Å². The van der Waals surface area contributed by atoms with E-state index >= 15 is 0 Å². The first-order valence-corrected chi connectivity index (χ1v) is 9.07. The van der Waals surface area contributed by atoms with Crippen LogP contribution in [0.5, 0.6) is 23.0 Å². The summed E-state index contributed by atoms with van der Waals surface area (Å²) in [6.07, 6.45) is 0.360. The van der Waals surface area contributed by atoms with Crippen molar-refractivity contribution < 1.29 is 23.7 Å². The minimum atomic E-state index is -0.135. The van der Waals surface area contributed by atoms with Gasteiger partial charge in [-0.05, 0) is 26.0 Å². The van der Waals surface area contributed by atoms with Crippen molar-refractivity contribution in [2.24, 2.45) is 0 Å². The van der Waals surface area contributed by atoms with Gasteiger partial charge in [-0.2, -0.15) is 0 Å². The van der Waals surface area contributed by atoms with Crippen LogP contribution in [-0.2, 0) is 4.79 Å². The maximum atomic E-state index is 12.3. The van der Waals surface area contributed by atoms with E-state index in [1.807, 2.05) is 38.1 Å². The number of benzene rings is 2. The van der Waals surface area contributed by atoms with Crippen molar-refractivity contribution in [1.82, 2.24) is 0 Å². The number of anilines is 2. The molecule has 0 spiro atoms. The first-order valence-electron chi connectivity index (χ1n) is 9.07. The number of hydrogen-bond acceptors (Lipinski definition) is 6. The summed E-state index contributed by atoms with van der Waals surface area (Å²) in [4.78, 5) is 12.3. The Morgan fingerprint density at radius 2 is 1.61 bits per heavy atom. The van der Waals surface area contributed by atoms with Crippen LogP contribution in [0.15, 0.2) is 36.4 Å². The highest BCUT2D eigenvalue weighted by Gasteiger charge is 2.14. The number of rotatable bonds is 10. The quantitative estimate of drug-likeness (QED) is 0.642. The number of hydrogen-bond donors (Lipinski definition) is 2. The number of para-hydroxylation sites is 2. The number of carbonyl (C=O) groups excluding carboxylic acids is 1. The average Bonchev–Trinajstić information content (AvgIpc) is 2.68. The lowest BCUT2D eigenvalue weighted by Gasteiger charge is -2.16. The van der Waals surface area contributed by atoms with Crippen molar-refractivity contribution in [3.05, 3.63) is 36.4 Å². The third-order valence-corrected chi connectivity index (χ3v) is 3.87. The van der Waals surface area contributed by atoms with Crippen molar-refractivity contribution in [1.29, 1.82) is 0 Å². The molecule has 0 aromatic heterocycles. The standard InChI is InChI=1S/C21H28N2O5/c1-14(2)28-17-9-7-6-8-16(17)22-11-10-20(24)23-15-12-18(25-3)21(27-5)19(13-15)26-4/h6-9,12-14,22H,10-11H2,1-5H3,(H,23,24). The smallest absolute Gasteiger partial charge is 0.226 e. The van der Waals surface area contributed by atoms with Gasteiger partial charge in [0.25, 0.3) is 0 Å². The van der Waals surface area contributed by atoms with Crippen LogP contribution in [0, 0.1) is 0 Å². The van der Waals surface area contributed by atoms with E-state index in [0.29, 0.717) is 29.5 Å². The molecule has 2 N–H and O–H groups in total. The zero-order valence-electron chi connectivity index (χ0n) is 17.0. The molecule has 0 aliphatic carbocycles. The molecule has 0 aliphatic rings. The number of nitrogens with one attached hydrogen (secondary N) is 2. The molecule has 0 atom stereocenters. The predicted molar refractivity (Wildman–Crippen MR) is 110 cm³/mol. The van der Waals surface area contributed by atoms with Crippen LogP contribution in [-0.4, -0.2) is 39.9 Å². The molecule has 0 saturated heterocycles. The van der Waals surface area contributed by atoms with Gasteiger partial charge in [-0.25, -0.2) is 0 Å². The second-order valence-electron chi connectivity index (χ2n) is 6.30. The maximum Gasteiger partial charge on any atom is 0.226 e. The van der Waals surface area contributed by atoms with Crippen molar-refractivity contribution in [2.75, 3.05) is 38.5 Å². The van der Waals surface area contributed by atoms with E-state index in [-0.39, 0.29) is 18.4 Å². The molecule has 2 aromatic rings. The Morgan fingerprint density at radius 1 is 0.964 bits per heavy atom. The highest BCUT2D eigenvalue weighted by atomic mass is 16.5. The molecule has 2 rings (SSSR count). The van der Waals surface area contributed by atoms with Gasteiger partial charge in [0.05, 0.1) is 33.1 Å². The summed E-state index contributed by atoms with van der Waals surface area (Å²) in [5, 5.41) is 6.09. The Morgan fingerprint density at radius 3 is 2.18 bits per heavy atom. The largest absolute Gasteiger partial charge is 0.493 e. The van der Waals surface area contributed by atoms with Crippen LogP contribution < -0.4 is 29.6 Å². The molecule has 0 fully saturated rings. The third-order valence-electron chi connectivity index (χ3n) is 3.87. The van der Waals surface area contributed by atoms with E-state index in [4.69, 9.17) is 18.9 Å². The molecule has 7 nitrogen and oxygen atoms in total. The van der Waals surface area contributed by atoms with Crippen LogP contribution in [0.4, 0.5) is 11.4 Å². The molecule has 0 radical (unpaired) electrons. The second-order valence-corrected chi connectivity index (χ2v) is 6.30. The predicted octanol–water partition coefficient (Wildman–Crippen LogP) is 3.94. The number of methoxy groups -OCH3 is 3. The Kier molecular flexibility index (Phi) is 7.80. The maximum absolute atomic E-state index is 12.3. The molecule has 0 unspecified atom stereocenters. The SMILES string of the molecule is COc1cc(NC(=O)CCNc2ccccc2OC(C)C)cc(OC)c1OC. The summed E-state index contributed by atoms with van der Waals surface area (Å²) in [7, 11) is 4.60. The molecule has 28 heavy (non-hydrogen) atoms. The zero-order valence-corrected chi connectivity index (χ0v) is 17.0. The molecule has 0 saturated carbocycles. The van der Waals surface area contributed by atoms with E-state index in [2.05, 4.69) is 10.6 Å². The Labute approximate surface area is 165 Å². The molecule has 7 heteroatoms. The zero-order chi connectivity index (χ0) is 20.5. The van der Waals surface area contributed by atoms with Crippen molar-refractivity contribution in [3.63, 3.8) is 0 Å². The molecular formula is C21H28N2O5. The monoisotopic (exact) mass is 388 g/mol. The van der Waals surface area contributed by atoms with E-state index in [1.165, 1.54) is 21.3 Å². The molecule has 1 amide bonds. The first-order chi connectivity index (χ1) is 13.5. The minimum absolute atomic E-state index is 0.0753. The Balaban J connectivity index is 1.97. The van der Waals surface area contributed by atoms with Gasteiger partial charge in [0.15, 0.2) is 11.5 Å². The van der Waals surface area contributed by atoms with Crippen molar-refractivity contribution in [3.8, 4) is 23.0 Å². The highest BCUT2D eigenvalue weighted by molar-refractivity contribution is 5.91. The first kappa shape index (κ1) is 21.2. The molecule has 0 heterocycles. The summed E-state index contributed by atoms with van der Waals surface area (Å²) in [5.74, 6) is 2.07. The van der Waals surface area contributed by atoms with E-state index in [9.17, 15) is 4.79 Å². The molecule has 0 aliphatic heterocycles. The average molecular weight is 388 g/mol. The van der Waals surface area contributed by atoms with Gasteiger partial charge in [0.2, 0.25) is 11.7 Å². The summed E-state index contributed by atoms with van der Waals surface area (Å²) in [6.45, 7) is 4.41. The fourth-order valence-electron chi connectivity index (χ4n) is 2.66. The molecule has 152 valence electrons. The Bertz CT molecular complexity index is 767. The van der Waals surface area contributed by atoms with Crippen LogP contribution in [0.3, 0.4) is 0 Å². The van der Waals surface area contributed by atoms with Gasteiger partial charge in [0.1, 0.15) is 5.75 Å². The van der Waals surface area contributed by atoms with Crippen LogP contribution in [0.2, 0.25) is 0 Å². The molecule has 2 aromatic carbocycles. The number of ether oxygens (including phenoxy) is 4. The van der Waals surface area contributed by atoms with Crippen LogP contribution >= 0.6 is 0 Å². The van der Waals surface area contributed by atoms with E-state index in [1.54, 1.807) is 12.1 Å². The summed E-state index contributed by atoms with van der Waals surface area (Å²) < 4.78 is 21.7. The third kappa shape index (κ3) is 5.70. The van der Waals surface area contributed by atoms with Gasteiger partial charge < -0.3 is 29.6 Å². The van der Waals surface area contributed by atoms with Gasteiger partial charge in [0, 0.05) is 30.8 Å². The topological polar surface area (TPSA) is 78.1 Å². The lowest BCUT2D eigenvalue weighted by molar-refractivity contribution is -0.115. The second kappa shape index (κ2) is 10.3. The van der Waals surface area contributed by atoms with Gasteiger partial charge in [-0.1, -0.05) is 12.1 Å². The number of carbonyl (C=O) groups is 1. The fourth-order valence-corrected chi connectivity index (χ4v) is 2.66. The van der Waals surface area contributed by atoms with Gasteiger partial charge in [-0.15, -0.1) is 0 Å². The van der Waals surface area contributed by atoms with Crippen LogP contribution in [0.1, 0.15) is 20.3 Å². The Hall–Kier alpha value is -3.09. The fraction of sp³-hybridized carbons (Fsp3) is 0.381. The van der Waals surface area contributed by atoms with E-state index in [0.717, 1.165) is 11.4 Å². The summed E-state index contributed by atoms with van der Waals surface area (Å²) >= 11 is 0. The van der Waals surface area contributed by atoms with Crippen LogP contribution in [0.25, 0.3) is 0 Å². The highest BCUT2D eigenvalue weighted by Crippen LogP contribution is 2.39. The summed E-state index contributed by atoms with van der Waals surface area (Å²) in [5.41, 5.74) is 1.43. The van der Waals surface area contributed by atoms with Crippen molar-refractivity contribution >= 4 is 17.3 Å². The molecule has 0 bridgehead atoms. The van der Waals surface area contributed by atoms with Gasteiger partial charge in [-0.3, -0.25) is 4.79 Å². The normalized spacial score (nSPS) is 10.4. The lowest BCUT2D eigenvalue weighted by Crippen LogP contribution is -2.17. The van der Waals surface area contributed by atoms with Crippen molar-refractivity contribution in [2.45, 2.75) is 26.4 Å². The lowest BCUT2D eigenvalue weighted by atomic mass is 10.2.